The van der Waals surface area contributed by atoms with Gasteiger partial charge in [0.1, 0.15) is 5.75 Å². The molecule has 4 nitrogen and oxygen atoms in total. The number of hydrogen-bond donors (Lipinski definition) is 1. The van der Waals surface area contributed by atoms with E-state index in [-0.39, 0.29) is 4.87 Å². The fourth-order valence-electron chi connectivity index (χ4n) is 1.51. The van der Waals surface area contributed by atoms with E-state index in [1.807, 2.05) is 18.2 Å². The average molecular weight is 224 g/mol. The highest BCUT2D eigenvalue weighted by molar-refractivity contribution is 7.16. The summed E-state index contributed by atoms with van der Waals surface area (Å²) >= 11 is 1.22. The number of aromatic nitrogens is 1. The van der Waals surface area contributed by atoms with Crippen molar-refractivity contribution in [3.05, 3.63) is 27.9 Å². The van der Waals surface area contributed by atoms with Gasteiger partial charge >= 0.3 is 4.87 Å². The van der Waals surface area contributed by atoms with Crippen LogP contribution in [0.5, 0.6) is 5.75 Å². The number of methoxy groups -OCH3 is 1. The molecule has 1 aromatic carbocycles. The molecular formula is C10H12N2O2S. The van der Waals surface area contributed by atoms with E-state index in [0.29, 0.717) is 13.1 Å². The Morgan fingerprint density at radius 3 is 3.00 bits per heavy atom. The molecule has 80 valence electrons. The molecule has 0 spiro atoms. The van der Waals surface area contributed by atoms with E-state index >= 15 is 0 Å². The lowest BCUT2D eigenvalue weighted by Gasteiger charge is -2.02. The Balaban J connectivity index is 2.63. The van der Waals surface area contributed by atoms with Gasteiger partial charge in [0.15, 0.2) is 0 Å². The molecule has 0 aliphatic rings. The first-order valence-electron chi connectivity index (χ1n) is 4.63. The predicted molar refractivity (Wildman–Crippen MR) is 61.7 cm³/mol. The second kappa shape index (κ2) is 4.04. The lowest BCUT2D eigenvalue weighted by Crippen LogP contribution is -2.18. The second-order valence-electron chi connectivity index (χ2n) is 3.14. The second-order valence-corrected chi connectivity index (χ2v) is 4.14. The highest BCUT2D eigenvalue weighted by atomic mass is 32.1. The summed E-state index contributed by atoms with van der Waals surface area (Å²) < 4.78 is 7.73. The van der Waals surface area contributed by atoms with Gasteiger partial charge in [-0.2, -0.15) is 0 Å². The van der Waals surface area contributed by atoms with Gasteiger partial charge in [-0.25, -0.2) is 0 Å². The summed E-state index contributed by atoms with van der Waals surface area (Å²) in [5.74, 6) is 0.767. The first-order valence-corrected chi connectivity index (χ1v) is 5.45. The van der Waals surface area contributed by atoms with E-state index in [1.165, 1.54) is 11.3 Å². The van der Waals surface area contributed by atoms with Crippen molar-refractivity contribution >= 4 is 21.6 Å². The first-order chi connectivity index (χ1) is 7.26. The quantitative estimate of drug-likeness (QED) is 0.847. The number of ether oxygens (including phenoxy) is 1. The molecule has 0 saturated carbocycles. The summed E-state index contributed by atoms with van der Waals surface area (Å²) in [5, 5.41) is 0. The predicted octanol–water partition coefficient (Wildman–Crippen LogP) is 1.03. The van der Waals surface area contributed by atoms with Crippen molar-refractivity contribution in [2.75, 3.05) is 13.7 Å². The van der Waals surface area contributed by atoms with Crippen molar-refractivity contribution in [2.45, 2.75) is 6.54 Å². The van der Waals surface area contributed by atoms with E-state index in [2.05, 4.69) is 0 Å². The highest BCUT2D eigenvalue weighted by Gasteiger charge is 2.07. The van der Waals surface area contributed by atoms with E-state index in [0.717, 1.165) is 16.0 Å². The molecule has 1 heterocycles. The zero-order chi connectivity index (χ0) is 10.8. The van der Waals surface area contributed by atoms with Crippen molar-refractivity contribution in [2.24, 2.45) is 5.73 Å². The molecule has 5 heteroatoms. The minimum Gasteiger partial charge on any atom is -0.497 e. The zero-order valence-electron chi connectivity index (χ0n) is 8.40. The molecule has 0 fully saturated rings. The topological polar surface area (TPSA) is 57.2 Å². The maximum atomic E-state index is 11.6. The lowest BCUT2D eigenvalue weighted by atomic mass is 10.3. The number of rotatable bonds is 3. The molecule has 2 aromatic rings. The summed E-state index contributed by atoms with van der Waals surface area (Å²) in [4.78, 5) is 11.6. The monoisotopic (exact) mass is 224 g/mol. The van der Waals surface area contributed by atoms with Gasteiger partial charge in [0, 0.05) is 13.1 Å². The van der Waals surface area contributed by atoms with Crippen molar-refractivity contribution in [1.29, 1.82) is 0 Å². The summed E-state index contributed by atoms with van der Waals surface area (Å²) in [6, 6.07) is 5.61. The van der Waals surface area contributed by atoms with Crippen LogP contribution >= 0.6 is 11.3 Å². The molecule has 0 amide bonds. The fraction of sp³-hybridized carbons (Fsp3) is 0.300. The number of fused-ring (bicyclic) bond motifs is 1. The first kappa shape index (κ1) is 10.2. The Morgan fingerprint density at radius 2 is 2.33 bits per heavy atom. The van der Waals surface area contributed by atoms with Crippen LogP contribution in [-0.4, -0.2) is 18.2 Å². The molecule has 2 rings (SSSR count). The Morgan fingerprint density at radius 1 is 1.53 bits per heavy atom. The largest absolute Gasteiger partial charge is 0.497 e. The Bertz CT molecular complexity index is 530. The van der Waals surface area contributed by atoms with E-state index in [9.17, 15) is 4.79 Å². The van der Waals surface area contributed by atoms with Crippen LogP contribution in [0.4, 0.5) is 0 Å². The molecule has 2 N–H and O–H groups in total. The van der Waals surface area contributed by atoms with E-state index in [1.54, 1.807) is 11.7 Å². The average Bonchev–Trinajstić information content (AvgIpc) is 2.55. The van der Waals surface area contributed by atoms with Crippen LogP contribution in [0.1, 0.15) is 0 Å². The molecule has 0 aliphatic carbocycles. The van der Waals surface area contributed by atoms with Crippen molar-refractivity contribution in [3.63, 3.8) is 0 Å². The van der Waals surface area contributed by atoms with E-state index < -0.39 is 0 Å². The highest BCUT2D eigenvalue weighted by Crippen LogP contribution is 2.22. The third kappa shape index (κ3) is 1.75. The van der Waals surface area contributed by atoms with Gasteiger partial charge in [-0.05, 0) is 18.2 Å². The van der Waals surface area contributed by atoms with Gasteiger partial charge in [0.25, 0.3) is 0 Å². The number of nitrogens with zero attached hydrogens (tertiary/aromatic N) is 1. The van der Waals surface area contributed by atoms with Crippen LogP contribution in [0, 0.1) is 0 Å². The molecule has 1 aromatic heterocycles. The maximum Gasteiger partial charge on any atom is 0.308 e. The minimum atomic E-state index is 0.0312. The van der Waals surface area contributed by atoms with E-state index in [4.69, 9.17) is 10.5 Å². The smallest absolute Gasteiger partial charge is 0.308 e. The molecule has 15 heavy (non-hydrogen) atoms. The van der Waals surface area contributed by atoms with Gasteiger partial charge in [-0.3, -0.25) is 9.36 Å². The molecule has 0 bridgehead atoms. The van der Waals surface area contributed by atoms with Gasteiger partial charge < -0.3 is 10.5 Å². The summed E-state index contributed by atoms with van der Waals surface area (Å²) in [5.41, 5.74) is 6.38. The number of thiazole rings is 1. The van der Waals surface area contributed by atoms with Crippen LogP contribution in [0.15, 0.2) is 23.0 Å². The Hall–Kier alpha value is -1.33. The van der Waals surface area contributed by atoms with Crippen LogP contribution in [0.3, 0.4) is 0 Å². The third-order valence-corrected chi connectivity index (χ3v) is 3.17. The summed E-state index contributed by atoms with van der Waals surface area (Å²) in [7, 11) is 1.61. The van der Waals surface area contributed by atoms with Gasteiger partial charge in [0.2, 0.25) is 0 Å². The molecule has 0 unspecified atom stereocenters. The van der Waals surface area contributed by atoms with Crippen LogP contribution in [0.25, 0.3) is 10.2 Å². The number of benzene rings is 1. The molecule has 0 saturated heterocycles. The van der Waals surface area contributed by atoms with Gasteiger partial charge in [-0.1, -0.05) is 11.3 Å². The zero-order valence-corrected chi connectivity index (χ0v) is 9.21. The normalized spacial score (nSPS) is 10.8. The maximum absolute atomic E-state index is 11.6. The SMILES string of the molecule is COc1ccc2c(c1)sc(=O)n2CCN. The van der Waals surface area contributed by atoms with Crippen molar-refractivity contribution in [1.82, 2.24) is 4.57 Å². The Kier molecular flexibility index (Phi) is 2.75. The van der Waals surface area contributed by atoms with Crippen molar-refractivity contribution in [3.8, 4) is 5.75 Å². The summed E-state index contributed by atoms with van der Waals surface area (Å²) in [6.45, 7) is 1.03. The minimum absolute atomic E-state index is 0.0312. The van der Waals surface area contributed by atoms with Crippen LogP contribution in [-0.2, 0) is 6.54 Å². The number of hydrogen-bond acceptors (Lipinski definition) is 4. The third-order valence-electron chi connectivity index (χ3n) is 2.23. The fourth-order valence-corrected chi connectivity index (χ4v) is 2.46. The van der Waals surface area contributed by atoms with Gasteiger partial charge in [0.05, 0.1) is 17.3 Å². The molecule has 0 aliphatic heterocycles. The molecule has 0 radical (unpaired) electrons. The van der Waals surface area contributed by atoms with Gasteiger partial charge in [-0.15, -0.1) is 0 Å². The molecule has 0 atom stereocenters. The molecular weight excluding hydrogens is 212 g/mol. The van der Waals surface area contributed by atoms with Crippen molar-refractivity contribution < 1.29 is 4.74 Å². The summed E-state index contributed by atoms with van der Waals surface area (Å²) in [6.07, 6.45) is 0. The Labute approximate surface area is 90.9 Å². The standard InChI is InChI=1S/C10H12N2O2S/c1-14-7-2-3-8-9(6-7)15-10(13)12(8)5-4-11/h2-3,6H,4-5,11H2,1H3. The lowest BCUT2D eigenvalue weighted by molar-refractivity contribution is 0.415. The number of nitrogens with two attached hydrogens (primary N) is 1. The van der Waals surface area contributed by atoms with Crippen LogP contribution < -0.4 is 15.3 Å². The van der Waals surface area contributed by atoms with Crippen LogP contribution in [0.2, 0.25) is 0 Å².